The molecule has 0 atom stereocenters. The molecule has 2 aromatic heterocycles. The number of aromatic nitrogens is 3. The molecule has 0 radical (unpaired) electrons. The Morgan fingerprint density at radius 1 is 0.917 bits per heavy atom. The second-order valence-electron chi connectivity index (χ2n) is 8.14. The van der Waals surface area contributed by atoms with Gasteiger partial charge in [-0.2, -0.15) is 5.10 Å². The number of ether oxygens (including phenoxy) is 1. The maximum Gasteiger partial charge on any atom is 0.263 e. The summed E-state index contributed by atoms with van der Waals surface area (Å²) in [5.74, 6) is 1.97. The topological polar surface area (TPSA) is 99.3 Å². The molecule has 0 bridgehead atoms. The van der Waals surface area contributed by atoms with Crippen molar-refractivity contribution in [2.24, 2.45) is 0 Å². The number of rotatable bonds is 9. The third-order valence-electron chi connectivity index (χ3n) is 5.49. The van der Waals surface area contributed by atoms with Crippen LogP contribution < -0.4 is 9.46 Å². The Hall–Kier alpha value is -4.37. The van der Waals surface area contributed by atoms with Crippen molar-refractivity contribution in [2.45, 2.75) is 25.0 Å². The molecule has 182 valence electrons. The number of nitrogens with one attached hydrogen (secondary N) is 1. The minimum atomic E-state index is -3.80. The molecule has 9 heteroatoms. The van der Waals surface area contributed by atoms with E-state index in [1.165, 1.54) is 12.1 Å². The van der Waals surface area contributed by atoms with Gasteiger partial charge in [0, 0.05) is 17.8 Å². The molecule has 0 aliphatic carbocycles. The van der Waals surface area contributed by atoms with Crippen LogP contribution in [-0.2, 0) is 23.2 Å². The fraction of sp³-hybridized carbons (Fsp3) is 0.111. The predicted molar refractivity (Wildman–Crippen MR) is 136 cm³/mol. The Labute approximate surface area is 209 Å². The van der Waals surface area contributed by atoms with E-state index in [2.05, 4.69) is 14.8 Å². The van der Waals surface area contributed by atoms with Crippen molar-refractivity contribution < 1.29 is 17.6 Å². The molecule has 0 aliphatic rings. The summed E-state index contributed by atoms with van der Waals surface area (Å²) < 4.78 is 41.4. The lowest BCUT2D eigenvalue weighted by atomic mass is 10.2. The Kier molecular flexibility index (Phi) is 6.55. The highest BCUT2D eigenvalue weighted by Gasteiger charge is 2.16. The molecule has 36 heavy (non-hydrogen) atoms. The van der Waals surface area contributed by atoms with Crippen molar-refractivity contribution in [3.8, 4) is 17.2 Å². The third kappa shape index (κ3) is 5.47. The molecular weight excluding hydrogens is 476 g/mol. The lowest BCUT2D eigenvalue weighted by molar-refractivity contribution is 0.299. The van der Waals surface area contributed by atoms with Crippen LogP contribution in [0, 0.1) is 6.92 Å². The number of benzene rings is 3. The third-order valence-corrected chi connectivity index (χ3v) is 6.86. The van der Waals surface area contributed by atoms with Gasteiger partial charge in [0.05, 0.1) is 11.4 Å². The van der Waals surface area contributed by atoms with Gasteiger partial charge in [0.25, 0.3) is 10.0 Å². The highest BCUT2D eigenvalue weighted by molar-refractivity contribution is 7.92. The SMILES string of the molecule is Cc1oc(-c2ccccc2)nc1COc1ccc(S(=O)(=O)Nc2ccn(Cc3ccccc3)n2)cc1. The van der Waals surface area contributed by atoms with Crippen molar-refractivity contribution in [3.63, 3.8) is 0 Å². The summed E-state index contributed by atoms with van der Waals surface area (Å²) >= 11 is 0. The summed E-state index contributed by atoms with van der Waals surface area (Å²) in [6.07, 6.45) is 1.73. The van der Waals surface area contributed by atoms with Gasteiger partial charge in [-0.3, -0.25) is 9.40 Å². The largest absolute Gasteiger partial charge is 0.487 e. The molecule has 8 nitrogen and oxygen atoms in total. The van der Waals surface area contributed by atoms with Crippen molar-refractivity contribution in [2.75, 3.05) is 4.72 Å². The first-order valence-electron chi connectivity index (χ1n) is 11.3. The van der Waals surface area contributed by atoms with Crippen LogP contribution in [0.25, 0.3) is 11.5 Å². The Bertz CT molecular complexity index is 1540. The van der Waals surface area contributed by atoms with E-state index in [1.54, 1.807) is 29.1 Å². The van der Waals surface area contributed by atoms with Gasteiger partial charge in [0.1, 0.15) is 23.8 Å². The molecule has 5 rings (SSSR count). The van der Waals surface area contributed by atoms with Crippen LogP contribution >= 0.6 is 0 Å². The molecule has 5 aromatic rings. The fourth-order valence-electron chi connectivity index (χ4n) is 3.60. The molecule has 0 saturated heterocycles. The maximum absolute atomic E-state index is 12.8. The highest BCUT2D eigenvalue weighted by atomic mass is 32.2. The van der Waals surface area contributed by atoms with Crippen molar-refractivity contribution >= 4 is 15.8 Å². The van der Waals surface area contributed by atoms with E-state index in [0.29, 0.717) is 29.6 Å². The van der Waals surface area contributed by atoms with E-state index >= 15 is 0 Å². The van der Waals surface area contributed by atoms with Crippen LogP contribution in [0.1, 0.15) is 17.0 Å². The molecule has 0 unspecified atom stereocenters. The minimum Gasteiger partial charge on any atom is -0.487 e. The zero-order chi connectivity index (χ0) is 25.0. The quantitative estimate of drug-likeness (QED) is 0.296. The summed E-state index contributed by atoms with van der Waals surface area (Å²) in [4.78, 5) is 4.63. The van der Waals surface area contributed by atoms with Crippen LogP contribution in [0.4, 0.5) is 5.82 Å². The summed E-state index contributed by atoms with van der Waals surface area (Å²) in [6.45, 7) is 2.58. The maximum atomic E-state index is 12.8. The average molecular weight is 501 g/mol. The molecule has 1 N–H and O–H groups in total. The van der Waals surface area contributed by atoms with Gasteiger partial charge < -0.3 is 9.15 Å². The summed E-state index contributed by atoms with van der Waals surface area (Å²) in [7, 11) is -3.80. The summed E-state index contributed by atoms with van der Waals surface area (Å²) in [6, 6.07) is 27.3. The Morgan fingerprint density at radius 2 is 1.61 bits per heavy atom. The average Bonchev–Trinajstić information content (AvgIpc) is 3.49. The van der Waals surface area contributed by atoms with Crippen LogP contribution in [0.3, 0.4) is 0 Å². The standard InChI is InChI=1S/C27H24N4O4S/c1-20-25(28-27(35-20)22-10-6-3-7-11-22)19-34-23-12-14-24(15-13-23)36(32,33)30-26-16-17-31(29-26)18-21-8-4-2-5-9-21/h2-17H,18-19H2,1H3,(H,29,30). The van der Waals surface area contributed by atoms with E-state index in [1.807, 2.05) is 67.6 Å². The fourth-order valence-corrected chi connectivity index (χ4v) is 4.60. The van der Waals surface area contributed by atoms with E-state index in [0.717, 1.165) is 11.1 Å². The second-order valence-corrected chi connectivity index (χ2v) is 9.82. The molecule has 0 amide bonds. The van der Waals surface area contributed by atoms with Crippen molar-refractivity contribution in [1.29, 1.82) is 0 Å². The van der Waals surface area contributed by atoms with Crippen LogP contribution in [-0.4, -0.2) is 23.2 Å². The predicted octanol–water partition coefficient (Wildman–Crippen LogP) is 5.27. The van der Waals surface area contributed by atoms with Crippen LogP contribution in [0.2, 0.25) is 0 Å². The van der Waals surface area contributed by atoms with E-state index in [4.69, 9.17) is 9.15 Å². The van der Waals surface area contributed by atoms with Gasteiger partial charge in [-0.25, -0.2) is 13.4 Å². The summed E-state index contributed by atoms with van der Waals surface area (Å²) in [5.41, 5.74) is 2.64. The van der Waals surface area contributed by atoms with Gasteiger partial charge >= 0.3 is 0 Å². The number of hydrogen-bond acceptors (Lipinski definition) is 6. The smallest absolute Gasteiger partial charge is 0.263 e. The molecule has 0 spiro atoms. The number of hydrogen-bond donors (Lipinski definition) is 1. The normalized spacial score (nSPS) is 11.4. The number of aryl methyl sites for hydroxylation is 1. The minimum absolute atomic E-state index is 0.108. The molecule has 0 aliphatic heterocycles. The van der Waals surface area contributed by atoms with Crippen LogP contribution in [0.5, 0.6) is 5.75 Å². The molecular formula is C27H24N4O4S. The second kappa shape index (κ2) is 10.1. The summed E-state index contributed by atoms with van der Waals surface area (Å²) in [5, 5.41) is 4.31. The number of anilines is 1. The molecule has 2 heterocycles. The molecule has 3 aromatic carbocycles. The van der Waals surface area contributed by atoms with Crippen LogP contribution in [0.15, 0.2) is 107 Å². The zero-order valence-corrected chi connectivity index (χ0v) is 20.4. The van der Waals surface area contributed by atoms with Gasteiger partial charge in [0.2, 0.25) is 5.89 Å². The lowest BCUT2D eigenvalue weighted by Crippen LogP contribution is -2.13. The first-order valence-corrected chi connectivity index (χ1v) is 12.8. The van der Waals surface area contributed by atoms with Gasteiger partial charge in [0.15, 0.2) is 5.82 Å². The van der Waals surface area contributed by atoms with Gasteiger partial charge in [-0.15, -0.1) is 0 Å². The highest BCUT2D eigenvalue weighted by Crippen LogP contribution is 2.23. The van der Waals surface area contributed by atoms with E-state index < -0.39 is 10.0 Å². The Morgan fingerprint density at radius 3 is 2.33 bits per heavy atom. The first kappa shape index (κ1) is 23.4. The van der Waals surface area contributed by atoms with Crippen molar-refractivity contribution in [3.05, 3.63) is 114 Å². The van der Waals surface area contributed by atoms with Gasteiger partial charge in [-0.05, 0) is 48.9 Å². The van der Waals surface area contributed by atoms with E-state index in [9.17, 15) is 8.42 Å². The van der Waals surface area contributed by atoms with Crippen molar-refractivity contribution in [1.82, 2.24) is 14.8 Å². The molecule has 0 saturated carbocycles. The zero-order valence-electron chi connectivity index (χ0n) is 19.5. The first-order chi connectivity index (χ1) is 17.5. The lowest BCUT2D eigenvalue weighted by Gasteiger charge is -2.08. The number of sulfonamides is 1. The Balaban J connectivity index is 1.21. The monoisotopic (exact) mass is 500 g/mol. The van der Waals surface area contributed by atoms with E-state index in [-0.39, 0.29) is 17.3 Å². The van der Waals surface area contributed by atoms with Gasteiger partial charge in [-0.1, -0.05) is 48.5 Å². The number of oxazole rings is 1. The number of nitrogens with zero attached hydrogens (tertiary/aromatic N) is 3. The molecule has 0 fully saturated rings.